The summed E-state index contributed by atoms with van der Waals surface area (Å²) in [7, 11) is 0. The Bertz CT molecular complexity index is 714. The van der Waals surface area contributed by atoms with Gasteiger partial charge in [-0.1, -0.05) is 18.2 Å². The number of hydrogen-bond donors (Lipinski definition) is 2. The maximum absolute atomic E-state index is 12.2. The molecule has 0 aliphatic carbocycles. The van der Waals surface area contributed by atoms with Crippen LogP contribution in [-0.2, 0) is 9.59 Å². The van der Waals surface area contributed by atoms with E-state index in [1.807, 2.05) is 11.0 Å². The third kappa shape index (κ3) is 3.78. The van der Waals surface area contributed by atoms with Crippen LogP contribution in [-0.4, -0.2) is 40.0 Å². The second-order valence-electron chi connectivity index (χ2n) is 6.55. The monoisotopic (exact) mass is 328 g/mol. The molecule has 0 radical (unpaired) electrons. The lowest BCUT2D eigenvalue weighted by Crippen LogP contribution is -2.37. The van der Waals surface area contributed by atoms with Gasteiger partial charge < -0.3 is 15.0 Å². The number of rotatable bonds is 6. The first-order valence-electron chi connectivity index (χ1n) is 8.70. The maximum Gasteiger partial charge on any atom is 0.303 e. The Morgan fingerprint density at radius 2 is 1.83 bits per heavy atom. The fourth-order valence-electron chi connectivity index (χ4n) is 3.58. The van der Waals surface area contributed by atoms with E-state index in [2.05, 4.69) is 29.4 Å². The molecule has 2 N–H and O–H groups in total. The Balaban J connectivity index is 1.50. The van der Waals surface area contributed by atoms with Gasteiger partial charge in [-0.05, 0) is 43.2 Å². The van der Waals surface area contributed by atoms with E-state index in [1.54, 1.807) is 0 Å². The number of likely N-dealkylation sites (tertiary alicyclic amines) is 1. The number of H-pyrrole nitrogens is 1. The zero-order chi connectivity index (χ0) is 16.9. The zero-order valence-electron chi connectivity index (χ0n) is 13.8. The number of nitrogens with zero attached hydrogens (tertiary/aromatic N) is 1. The highest BCUT2D eigenvalue weighted by Crippen LogP contribution is 2.33. The Morgan fingerprint density at radius 3 is 2.58 bits per heavy atom. The Labute approximate surface area is 141 Å². The van der Waals surface area contributed by atoms with E-state index in [0.717, 1.165) is 25.9 Å². The molecule has 128 valence electrons. The summed E-state index contributed by atoms with van der Waals surface area (Å²) >= 11 is 0. The van der Waals surface area contributed by atoms with E-state index in [9.17, 15) is 9.59 Å². The summed E-state index contributed by atoms with van der Waals surface area (Å²) in [5.74, 6) is -0.128. The number of benzene rings is 1. The number of aromatic amines is 1. The van der Waals surface area contributed by atoms with Crippen LogP contribution in [0.25, 0.3) is 10.9 Å². The first-order valence-corrected chi connectivity index (χ1v) is 8.70. The van der Waals surface area contributed by atoms with Crippen LogP contribution >= 0.6 is 0 Å². The summed E-state index contributed by atoms with van der Waals surface area (Å²) in [6.45, 7) is 1.59. The molecule has 1 aliphatic rings. The van der Waals surface area contributed by atoms with Gasteiger partial charge in [0.2, 0.25) is 5.91 Å². The van der Waals surface area contributed by atoms with Crippen molar-refractivity contribution in [2.75, 3.05) is 13.1 Å². The zero-order valence-corrected chi connectivity index (χ0v) is 13.8. The molecule has 2 heterocycles. The highest BCUT2D eigenvalue weighted by molar-refractivity contribution is 5.83. The first kappa shape index (κ1) is 16.6. The molecule has 24 heavy (non-hydrogen) atoms. The molecule has 1 saturated heterocycles. The van der Waals surface area contributed by atoms with Crippen molar-refractivity contribution in [3.05, 3.63) is 36.0 Å². The van der Waals surface area contributed by atoms with Crippen LogP contribution in [0.15, 0.2) is 30.5 Å². The van der Waals surface area contributed by atoms with Gasteiger partial charge in [-0.25, -0.2) is 0 Å². The van der Waals surface area contributed by atoms with Gasteiger partial charge >= 0.3 is 5.97 Å². The topological polar surface area (TPSA) is 73.4 Å². The number of unbranched alkanes of at least 4 members (excludes halogenated alkanes) is 1. The van der Waals surface area contributed by atoms with E-state index >= 15 is 0 Å². The molecule has 0 saturated carbocycles. The molecule has 1 aromatic carbocycles. The second-order valence-corrected chi connectivity index (χ2v) is 6.55. The lowest BCUT2D eigenvalue weighted by molar-refractivity contribution is -0.137. The van der Waals surface area contributed by atoms with Gasteiger partial charge in [0.25, 0.3) is 0 Å². The van der Waals surface area contributed by atoms with Crippen LogP contribution in [0.5, 0.6) is 0 Å². The first-order chi connectivity index (χ1) is 11.6. The Hall–Kier alpha value is -2.30. The van der Waals surface area contributed by atoms with E-state index in [0.29, 0.717) is 25.2 Å². The number of carbonyl (C=O) groups is 2. The average Bonchev–Trinajstić information content (AvgIpc) is 3.02. The highest BCUT2D eigenvalue weighted by Gasteiger charge is 2.25. The molecule has 5 heteroatoms. The van der Waals surface area contributed by atoms with Crippen LogP contribution in [0.2, 0.25) is 0 Å². The third-order valence-electron chi connectivity index (χ3n) is 4.94. The molecule has 0 unspecified atom stereocenters. The van der Waals surface area contributed by atoms with E-state index in [4.69, 9.17) is 5.11 Å². The van der Waals surface area contributed by atoms with Crippen molar-refractivity contribution in [3.63, 3.8) is 0 Å². The van der Waals surface area contributed by atoms with E-state index in [1.165, 1.54) is 16.5 Å². The van der Waals surface area contributed by atoms with Gasteiger partial charge in [-0.3, -0.25) is 9.59 Å². The van der Waals surface area contributed by atoms with Crippen LogP contribution < -0.4 is 0 Å². The average molecular weight is 328 g/mol. The minimum Gasteiger partial charge on any atom is -0.481 e. The minimum atomic E-state index is -0.790. The maximum atomic E-state index is 12.2. The molecule has 1 aliphatic heterocycles. The fourth-order valence-corrected chi connectivity index (χ4v) is 3.58. The normalized spacial score (nSPS) is 15.8. The number of aliphatic carboxylic acids is 1. The van der Waals surface area contributed by atoms with Crippen molar-refractivity contribution in [1.82, 2.24) is 9.88 Å². The summed E-state index contributed by atoms with van der Waals surface area (Å²) in [4.78, 5) is 28.0. The number of fused-ring (bicyclic) bond motifs is 1. The summed E-state index contributed by atoms with van der Waals surface area (Å²) in [5.41, 5.74) is 2.53. The van der Waals surface area contributed by atoms with Gasteiger partial charge in [-0.2, -0.15) is 0 Å². The van der Waals surface area contributed by atoms with Crippen LogP contribution in [0.4, 0.5) is 0 Å². The second kappa shape index (κ2) is 7.51. The Kier molecular flexibility index (Phi) is 5.18. The van der Waals surface area contributed by atoms with Crippen molar-refractivity contribution in [1.29, 1.82) is 0 Å². The Morgan fingerprint density at radius 1 is 1.12 bits per heavy atom. The molecule has 5 nitrogen and oxygen atoms in total. The summed E-state index contributed by atoms with van der Waals surface area (Å²) in [5, 5.41) is 9.91. The van der Waals surface area contributed by atoms with E-state index < -0.39 is 5.97 Å². The number of nitrogens with one attached hydrogen (secondary N) is 1. The molecule has 2 aromatic rings. The number of aromatic nitrogens is 1. The molecule has 3 rings (SSSR count). The van der Waals surface area contributed by atoms with Crippen molar-refractivity contribution in [3.8, 4) is 0 Å². The minimum absolute atomic E-state index is 0.149. The van der Waals surface area contributed by atoms with Crippen molar-refractivity contribution >= 4 is 22.8 Å². The van der Waals surface area contributed by atoms with E-state index in [-0.39, 0.29) is 12.3 Å². The number of hydrogen-bond acceptors (Lipinski definition) is 2. The number of carboxylic acids is 1. The molecule has 0 atom stereocenters. The quantitative estimate of drug-likeness (QED) is 0.797. The lowest BCUT2D eigenvalue weighted by atomic mass is 9.89. The van der Waals surface area contributed by atoms with Crippen molar-refractivity contribution < 1.29 is 14.7 Å². The largest absolute Gasteiger partial charge is 0.481 e. The number of carbonyl (C=O) groups excluding carboxylic acids is 1. The molecular weight excluding hydrogens is 304 g/mol. The van der Waals surface area contributed by atoms with Crippen LogP contribution in [0, 0.1) is 0 Å². The molecule has 0 bridgehead atoms. The highest BCUT2D eigenvalue weighted by atomic mass is 16.4. The summed E-state index contributed by atoms with van der Waals surface area (Å²) in [6, 6.07) is 8.35. The van der Waals surface area contributed by atoms with Gasteiger partial charge in [0, 0.05) is 43.0 Å². The van der Waals surface area contributed by atoms with Gasteiger partial charge in [-0.15, -0.1) is 0 Å². The van der Waals surface area contributed by atoms with Crippen molar-refractivity contribution in [2.24, 2.45) is 0 Å². The lowest BCUT2D eigenvalue weighted by Gasteiger charge is -2.32. The molecule has 1 fully saturated rings. The summed E-state index contributed by atoms with van der Waals surface area (Å²) < 4.78 is 0. The standard InChI is InChI=1S/C19H24N2O3/c22-18(7-3-4-8-19(23)24)21-11-9-14(10-12-21)16-13-20-17-6-2-1-5-15(16)17/h1-2,5-6,13-14,20H,3-4,7-12H2,(H,23,24). The third-order valence-corrected chi connectivity index (χ3v) is 4.94. The molecule has 0 spiro atoms. The fraction of sp³-hybridized carbons (Fsp3) is 0.474. The van der Waals surface area contributed by atoms with Crippen molar-refractivity contribution in [2.45, 2.75) is 44.4 Å². The predicted octanol–water partition coefficient (Wildman–Crippen LogP) is 3.52. The molecule has 1 amide bonds. The predicted molar refractivity (Wildman–Crippen MR) is 93.0 cm³/mol. The van der Waals surface area contributed by atoms with Gasteiger partial charge in [0.1, 0.15) is 0 Å². The smallest absolute Gasteiger partial charge is 0.303 e. The van der Waals surface area contributed by atoms with Gasteiger partial charge in [0.05, 0.1) is 0 Å². The number of para-hydroxylation sites is 1. The van der Waals surface area contributed by atoms with Gasteiger partial charge in [0.15, 0.2) is 0 Å². The number of carboxylic acid groups (broad SMARTS) is 1. The van der Waals surface area contributed by atoms with Crippen LogP contribution in [0.1, 0.15) is 50.0 Å². The van der Waals surface area contributed by atoms with Crippen LogP contribution in [0.3, 0.4) is 0 Å². The molecule has 1 aromatic heterocycles. The molecular formula is C19H24N2O3. The summed E-state index contributed by atoms with van der Waals surface area (Å²) in [6.07, 6.45) is 5.94. The number of amides is 1. The SMILES string of the molecule is O=C(O)CCCCC(=O)N1CCC(c2c[nH]c3ccccc23)CC1. The number of piperidine rings is 1.